The van der Waals surface area contributed by atoms with E-state index < -0.39 is 0 Å². The van der Waals surface area contributed by atoms with E-state index in [0.717, 1.165) is 25.9 Å². The van der Waals surface area contributed by atoms with Gasteiger partial charge >= 0.3 is 0 Å². The number of rotatable bonds is 2. The van der Waals surface area contributed by atoms with Crippen LogP contribution in [0.4, 0.5) is 0 Å². The predicted molar refractivity (Wildman–Crippen MR) is 50.0 cm³/mol. The summed E-state index contributed by atoms with van der Waals surface area (Å²) in [4.78, 5) is 11.7. The van der Waals surface area contributed by atoms with Gasteiger partial charge in [-0.15, -0.1) is 10.2 Å². The fraction of sp³-hybridized carbons (Fsp3) is 0.625. The maximum Gasteiger partial charge on any atom is 0.242 e. The summed E-state index contributed by atoms with van der Waals surface area (Å²) < 4.78 is 1.48. The normalized spacial score (nSPS) is 18.0. The molecule has 0 aliphatic carbocycles. The van der Waals surface area contributed by atoms with Crippen molar-refractivity contribution in [1.82, 2.24) is 20.2 Å². The van der Waals surface area contributed by atoms with Gasteiger partial charge in [0.05, 0.1) is 0 Å². The Morgan fingerprint density at radius 3 is 2.64 bits per heavy atom. The quantitative estimate of drug-likeness (QED) is 0.657. The molecule has 0 radical (unpaired) electrons. The van der Waals surface area contributed by atoms with E-state index in [2.05, 4.69) is 20.9 Å². The van der Waals surface area contributed by atoms with Gasteiger partial charge in [0, 0.05) is 5.92 Å². The van der Waals surface area contributed by atoms with E-state index in [0.29, 0.717) is 0 Å². The fourth-order valence-electron chi connectivity index (χ4n) is 1.56. The van der Waals surface area contributed by atoms with Crippen molar-refractivity contribution >= 4 is 5.91 Å². The van der Waals surface area contributed by atoms with E-state index in [1.54, 1.807) is 0 Å². The third-order valence-corrected chi connectivity index (χ3v) is 2.37. The zero-order valence-corrected chi connectivity index (χ0v) is 7.81. The van der Waals surface area contributed by atoms with Crippen molar-refractivity contribution in [3.8, 4) is 0 Å². The molecule has 1 aromatic heterocycles. The molecule has 1 aliphatic rings. The maximum absolute atomic E-state index is 11.7. The molecule has 0 unspecified atom stereocenters. The van der Waals surface area contributed by atoms with Crippen molar-refractivity contribution in [2.24, 2.45) is 5.92 Å². The van der Waals surface area contributed by atoms with E-state index in [1.807, 2.05) is 0 Å². The number of hydrogen-bond donors (Lipinski definition) is 2. The number of carbonyl (C=O) groups is 1. The molecular formula is C8H13N5O. The second kappa shape index (κ2) is 4.19. The Bertz CT molecular complexity index is 291. The first-order valence-electron chi connectivity index (χ1n) is 4.72. The van der Waals surface area contributed by atoms with Gasteiger partial charge in [0.15, 0.2) is 0 Å². The van der Waals surface area contributed by atoms with Crippen LogP contribution in [0.15, 0.2) is 12.7 Å². The molecule has 2 rings (SSSR count). The van der Waals surface area contributed by atoms with Gasteiger partial charge in [-0.05, 0) is 25.9 Å². The van der Waals surface area contributed by atoms with Crippen molar-refractivity contribution < 1.29 is 4.79 Å². The maximum atomic E-state index is 11.7. The lowest BCUT2D eigenvalue weighted by Crippen LogP contribution is -2.36. The first-order chi connectivity index (χ1) is 6.86. The number of aromatic nitrogens is 3. The van der Waals surface area contributed by atoms with Gasteiger partial charge in [-0.1, -0.05) is 0 Å². The Morgan fingerprint density at radius 1 is 1.36 bits per heavy atom. The Balaban J connectivity index is 1.88. The summed E-state index contributed by atoms with van der Waals surface area (Å²) in [5, 5.41) is 10.4. The molecule has 0 bridgehead atoms. The molecule has 1 fully saturated rings. The number of piperidine rings is 1. The predicted octanol–water partition coefficient (Wildman–Crippen LogP) is -0.652. The van der Waals surface area contributed by atoms with Crippen LogP contribution in [0.5, 0.6) is 0 Å². The minimum atomic E-state index is 0.0475. The second-order valence-corrected chi connectivity index (χ2v) is 3.37. The van der Waals surface area contributed by atoms with Crippen LogP contribution in [0.2, 0.25) is 0 Å². The van der Waals surface area contributed by atoms with Gasteiger partial charge in [0.1, 0.15) is 12.7 Å². The van der Waals surface area contributed by atoms with Crippen molar-refractivity contribution in [1.29, 1.82) is 0 Å². The Kier molecular flexibility index (Phi) is 2.73. The molecule has 6 heteroatoms. The molecule has 2 heterocycles. The molecule has 1 aromatic rings. The largest absolute Gasteiger partial charge is 0.317 e. The Morgan fingerprint density at radius 2 is 2.00 bits per heavy atom. The minimum Gasteiger partial charge on any atom is -0.317 e. The van der Waals surface area contributed by atoms with Crippen LogP contribution < -0.4 is 10.7 Å². The molecule has 1 amide bonds. The third-order valence-electron chi connectivity index (χ3n) is 2.37. The van der Waals surface area contributed by atoms with Gasteiger partial charge in [0.25, 0.3) is 0 Å². The molecule has 6 nitrogen and oxygen atoms in total. The summed E-state index contributed by atoms with van der Waals surface area (Å²) in [6.07, 6.45) is 4.74. The topological polar surface area (TPSA) is 71.8 Å². The average Bonchev–Trinajstić information content (AvgIpc) is 2.72. The summed E-state index contributed by atoms with van der Waals surface area (Å²) in [5.41, 5.74) is 2.72. The number of nitrogens with zero attached hydrogens (tertiary/aromatic N) is 3. The lowest BCUT2D eigenvalue weighted by atomic mass is 9.98. The van der Waals surface area contributed by atoms with Crippen LogP contribution in [0.25, 0.3) is 0 Å². The van der Waals surface area contributed by atoms with E-state index >= 15 is 0 Å². The molecule has 0 aromatic carbocycles. The SMILES string of the molecule is O=C(Nn1cnnc1)C1CCNCC1. The van der Waals surface area contributed by atoms with E-state index in [9.17, 15) is 4.79 Å². The van der Waals surface area contributed by atoms with Crippen molar-refractivity contribution in [2.75, 3.05) is 18.5 Å². The summed E-state index contributed by atoms with van der Waals surface area (Å²) >= 11 is 0. The highest BCUT2D eigenvalue weighted by Gasteiger charge is 2.20. The van der Waals surface area contributed by atoms with Gasteiger partial charge in [-0.3, -0.25) is 10.2 Å². The van der Waals surface area contributed by atoms with Crippen LogP contribution >= 0.6 is 0 Å². The van der Waals surface area contributed by atoms with E-state index in [4.69, 9.17) is 0 Å². The number of carbonyl (C=O) groups excluding carboxylic acids is 1. The van der Waals surface area contributed by atoms with E-state index in [-0.39, 0.29) is 11.8 Å². The molecule has 0 saturated carbocycles. The second-order valence-electron chi connectivity index (χ2n) is 3.37. The fourth-order valence-corrected chi connectivity index (χ4v) is 1.56. The zero-order chi connectivity index (χ0) is 9.80. The molecule has 2 N–H and O–H groups in total. The lowest BCUT2D eigenvalue weighted by Gasteiger charge is -2.21. The van der Waals surface area contributed by atoms with Gasteiger partial charge < -0.3 is 5.32 Å². The molecule has 14 heavy (non-hydrogen) atoms. The van der Waals surface area contributed by atoms with Crippen LogP contribution in [0.1, 0.15) is 12.8 Å². The molecule has 1 saturated heterocycles. The minimum absolute atomic E-state index is 0.0475. The third kappa shape index (κ3) is 2.08. The first kappa shape index (κ1) is 9.14. The van der Waals surface area contributed by atoms with Crippen LogP contribution in [-0.2, 0) is 4.79 Å². The smallest absolute Gasteiger partial charge is 0.242 e. The summed E-state index contributed by atoms with van der Waals surface area (Å²) in [6.45, 7) is 1.83. The van der Waals surface area contributed by atoms with Crippen LogP contribution in [0.3, 0.4) is 0 Å². The van der Waals surface area contributed by atoms with Crippen LogP contribution in [0, 0.1) is 5.92 Å². The van der Waals surface area contributed by atoms with E-state index in [1.165, 1.54) is 17.3 Å². The highest BCUT2D eigenvalue weighted by molar-refractivity contribution is 5.85. The van der Waals surface area contributed by atoms with Crippen molar-refractivity contribution in [2.45, 2.75) is 12.8 Å². The number of hydrogen-bond acceptors (Lipinski definition) is 4. The van der Waals surface area contributed by atoms with Gasteiger partial charge in [0.2, 0.25) is 5.91 Å². The summed E-state index contributed by atoms with van der Waals surface area (Å²) in [5.74, 6) is 0.157. The first-order valence-corrected chi connectivity index (χ1v) is 4.72. The zero-order valence-electron chi connectivity index (χ0n) is 7.81. The lowest BCUT2D eigenvalue weighted by molar-refractivity contribution is -0.121. The highest BCUT2D eigenvalue weighted by Crippen LogP contribution is 2.11. The number of nitrogens with one attached hydrogen (secondary N) is 2. The molecule has 0 atom stereocenters. The Labute approximate surface area is 81.7 Å². The summed E-state index contributed by atoms with van der Waals surface area (Å²) in [6, 6.07) is 0. The van der Waals surface area contributed by atoms with Gasteiger partial charge in [-0.25, -0.2) is 4.68 Å². The molecular weight excluding hydrogens is 182 g/mol. The highest BCUT2D eigenvalue weighted by atomic mass is 16.2. The van der Waals surface area contributed by atoms with Crippen molar-refractivity contribution in [3.05, 3.63) is 12.7 Å². The molecule has 1 aliphatic heterocycles. The molecule has 76 valence electrons. The van der Waals surface area contributed by atoms with Crippen molar-refractivity contribution in [3.63, 3.8) is 0 Å². The average molecular weight is 195 g/mol. The monoisotopic (exact) mass is 195 g/mol. The Hall–Kier alpha value is -1.43. The summed E-state index contributed by atoms with van der Waals surface area (Å²) in [7, 11) is 0. The number of amides is 1. The standard InChI is InChI=1S/C8H13N5O/c14-8(7-1-3-9-4-2-7)12-13-5-10-11-6-13/h5-7,9H,1-4H2,(H,12,14). The molecule has 0 spiro atoms. The van der Waals surface area contributed by atoms with Crippen LogP contribution in [-0.4, -0.2) is 33.9 Å². The van der Waals surface area contributed by atoms with Gasteiger partial charge in [-0.2, -0.15) is 0 Å².